The number of ether oxygens (including phenoxy) is 2. The highest BCUT2D eigenvalue weighted by molar-refractivity contribution is 5.89. The van der Waals surface area contributed by atoms with E-state index < -0.39 is 47.3 Å². The second-order valence-corrected chi connectivity index (χ2v) is 10.2. The summed E-state index contributed by atoms with van der Waals surface area (Å²) in [4.78, 5) is 53.6. The molecule has 11 heteroatoms. The first-order valence-corrected chi connectivity index (χ1v) is 11.5. The van der Waals surface area contributed by atoms with Crippen molar-refractivity contribution in [3.8, 4) is 0 Å². The zero-order valence-corrected chi connectivity index (χ0v) is 21.4. The van der Waals surface area contributed by atoms with Crippen LogP contribution in [0.1, 0.15) is 52.8 Å². The summed E-state index contributed by atoms with van der Waals surface area (Å²) in [5.41, 5.74) is -0.479. The Hall–Kier alpha value is -3.89. The Morgan fingerprint density at radius 3 is 2.08 bits per heavy atom. The SMILES string of the molecule is CC(C)(C)OC(=O)N[C@@H](Cc1ccccc1)C(=O)N[C@@H](Cc1cn(C(=O)OC(C)(C)C)cn1)C(=O)O. The number of carbonyl (C=O) groups is 4. The monoisotopic (exact) mass is 502 g/mol. The summed E-state index contributed by atoms with van der Waals surface area (Å²) in [6.45, 7) is 10.2. The predicted molar refractivity (Wildman–Crippen MR) is 130 cm³/mol. The molecule has 0 spiro atoms. The Kier molecular flexibility index (Phi) is 9.21. The highest BCUT2D eigenvalue weighted by atomic mass is 16.6. The molecule has 0 bridgehead atoms. The number of nitrogens with one attached hydrogen (secondary N) is 2. The van der Waals surface area contributed by atoms with Crippen molar-refractivity contribution in [2.45, 2.75) is 77.7 Å². The van der Waals surface area contributed by atoms with Gasteiger partial charge in [-0.2, -0.15) is 0 Å². The van der Waals surface area contributed by atoms with Crippen LogP contribution in [0.4, 0.5) is 9.59 Å². The average molecular weight is 503 g/mol. The van der Waals surface area contributed by atoms with Gasteiger partial charge in [0.25, 0.3) is 0 Å². The number of carboxylic acids is 1. The van der Waals surface area contributed by atoms with Crippen LogP contribution in [-0.4, -0.2) is 62.0 Å². The van der Waals surface area contributed by atoms with Crippen molar-refractivity contribution in [2.75, 3.05) is 0 Å². The molecule has 11 nitrogen and oxygen atoms in total. The van der Waals surface area contributed by atoms with Gasteiger partial charge < -0.3 is 25.2 Å². The third-order valence-electron chi connectivity index (χ3n) is 4.56. The van der Waals surface area contributed by atoms with E-state index >= 15 is 0 Å². The Balaban J connectivity index is 2.15. The minimum Gasteiger partial charge on any atom is -0.480 e. The molecule has 0 aliphatic rings. The summed E-state index contributed by atoms with van der Waals surface area (Å²) in [5, 5.41) is 14.7. The summed E-state index contributed by atoms with van der Waals surface area (Å²) < 4.78 is 11.6. The lowest BCUT2D eigenvalue weighted by Crippen LogP contribution is -2.53. The molecule has 1 heterocycles. The molecular weight excluding hydrogens is 468 g/mol. The van der Waals surface area contributed by atoms with Crippen molar-refractivity contribution in [3.63, 3.8) is 0 Å². The summed E-state index contributed by atoms with van der Waals surface area (Å²) >= 11 is 0. The number of carboxylic acid groups (broad SMARTS) is 1. The largest absolute Gasteiger partial charge is 0.480 e. The number of carbonyl (C=O) groups excluding carboxylic acids is 3. The quantitative estimate of drug-likeness (QED) is 0.499. The van der Waals surface area contributed by atoms with Crippen LogP contribution < -0.4 is 10.6 Å². The summed E-state index contributed by atoms with van der Waals surface area (Å²) in [6.07, 6.45) is 1.01. The van der Waals surface area contributed by atoms with E-state index in [1.54, 1.807) is 65.8 Å². The van der Waals surface area contributed by atoms with Crippen LogP contribution in [0, 0.1) is 0 Å². The van der Waals surface area contributed by atoms with E-state index in [2.05, 4.69) is 15.6 Å². The topological polar surface area (TPSA) is 149 Å². The van der Waals surface area contributed by atoms with Gasteiger partial charge in [-0.25, -0.2) is 23.9 Å². The minimum atomic E-state index is -1.36. The minimum absolute atomic E-state index is 0.117. The number of hydrogen-bond acceptors (Lipinski definition) is 7. The molecule has 1 aromatic heterocycles. The van der Waals surface area contributed by atoms with Crippen molar-refractivity contribution in [2.24, 2.45) is 0 Å². The zero-order chi connectivity index (χ0) is 27.1. The standard InChI is InChI=1S/C25H34N4O7/c1-24(2,3)35-22(33)28-18(12-16-10-8-7-9-11-16)20(30)27-19(21(31)32)13-17-14-29(15-26-17)23(34)36-25(4,5)6/h7-11,14-15,18-19H,12-13H2,1-6H3,(H,27,30)(H,28,33)(H,31,32)/t18-,19-/m0/s1. The van der Waals surface area contributed by atoms with Crippen LogP contribution in [0.3, 0.4) is 0 Å². The van der Waals surface area contributed by atoms with Gasteiger partial charge in [0, 0.05) is 19.0 Å². The molecule has 3 N–H and O–H groups in total. The molecule has 36 heavy (non-hydrogen) atoms. The van der Waals surface area contributed by atoms with Crippen LogP contribution in [-0.2, 0) is 31.9 Å². The number of amides is 2. The predicted octanol–water partition coefficient (Wildman–Crippen LogP) is 2.91. The number of nitrogens with zero attached hydrogens (tertiary/aromatic N) is 2. The lowest BCUT2D eigenvalue weighted by Gasteiger charge is -2.24. The van der Waals surface area contributed by atoms with Gasteiger partial charge in [0.05, 0.1) is 5.69 Å². The number of aliphatic carboxylic acids is 1. The molecule has 2 rings (SSSR count). The summed E-state index contributed by atoms with van der Waals surface area (Å²) in [6, 6.07) is 6.51. The van der Waals surface area contributed by atoms with E-state index in [-0.39, 0.29) is 18.5 Å². The van der Waals surface area contributed by atoms with Gasteiger partial charge in [0.1, 0.15) is 29.6 Å². The molecule has 0 radical (unpaired) electrons. The molecule has 0 aliphatic carbocycles. The Labute approximate surface area is 210 Å². The van der Waals surface area contributed by atoms with Crippen molar-refractivity contribution in [3.05, 3.63) is 54.1 Å². The molecule has 0 aliphatic heterocycles. The van der Waals surface area contributed by atoms with Gasteiger partial charge in [-0.05, 0) is 47.1 Å². The van der Waals surface area contributed by atoms with E-state index in [1.165, 1.54) is 12.5 Å². The number of alkyl carbamates (subject to hydrolysis) is 1. The number of hydrogen-bond donors (Lipinski definition) is 3. The first kappa shape index (κ1) is 28.3. The fraction of sp³-hybridized carbons (Fsp3) is 0.480. The lowest BCUT2D eigenvalue weighted by atomic mass is 10.0. The molecule has 0 saturated carbocycles. The fourth-order valence-electron chi connectivity index (χ4n) is 3.07. The van der Waals surface area contributed by atoms with E-state index in [1.807, 2.05) is 6.07 Å². The van der Waals surface area contributed by atoms with Gasteiger partial charge in [-0.1, -0.05) is 30.3 Å². The van der Waals surface area contributed by atoms with Gasteiger partial charge in [0.2, 0.25) is 5.91 Å². The third-order valence-corrected chi connectivity index (χ3v) is 4.56. The normalized spacial score (nSPS) is 13.3. The van der Waals surface area contributed by atoms with Crippen LogP contribution in [0.5, 0.6) is 0 Å². The van der Waals surface area contributed by atoms with Gasteiger partial charge in [-0.15, -0.1) is 0 Å². The number of imidazole rings is 1. The average Bonchev–Trinajstić information content (AvgIpc) is 3.19. The van der Waals surface area contributed by atoms with Crippen LogP contribution in [0.25, 0.3) is 0 Å². The number of aromatic nitrogens is 2. The summed E-state index contributed by atoms with van der Waals surface area (Å²) in [7, 11) is 0. The van der Waals surface area contributed by atoms with Crippen molar-refractivity contribution >= 4 is 24.1 Å². The molecular formula is C25H34N4O7. The summed E-state index contributed by atoms with van der Waals surface area (Å²) in [5.74, 6) is -2.01. The first-order chi connectivity index (χ1) is 16.6. The molecule has 1 aromatic carbocycles. The van der Waals surface area contributed by atoms with E-state index in [0.29, 0.717) is 0 Å². The smallest absolute Gasteiger partial charge is 0.419 e. The van der Waals surface area contributed by atoms with E-state index in [9.17, 15) is 24.3 Å². The molecule has 0 unspecified atom stereocenters. The Morgan fingerprint density at radius 1 is 0.917 bits per heavy atom. The molecule has 2 amide bonds. The van der Waals surface area contributed by atoms with E-state index in [0.717, 1.165) is 10.1 Å². The second-order valence-electron chi connectivity index (χ2n) is 10.2. The third kappa shape index (κ3) is 9.77. The maximum Gasteiger partial charge on any atom is 0.419 e. The zero-order valence-electron chi connectivity index (χ0n) is 21.4. The van der Waals surface area contributed by atoms with Crippen LogP contribution >= 0.6 is 0 Å². The molecule has 2 aromatic rings. The molecule has 0 fully saturated rings. The number of benzene rings is 1. The maximum atomic E-state index is 13.1. The van der Waals surface area contributed by atoms with E-state index in [4.69, 9.17) is 9.47 Å². The second kappa shape index (κ2) is 11.7. The fourth-order valence-corrected chi connectivity index (χ4v) is 3.07. The highest BCUT2D eigenvalue weighted by Gasteiger charge is 2.29. The first-order valence-electron chi connectivity index (χ1n) is 11.5. The van der Waals surface area contributed by atoms with Gasteiger partial charge in [-0.3, -0.25) is 4.79 Å². The molecule has 0 saturated heterocycles. The van der Waals surface area contributed by atoms with Crippen molar-refractivity contribution < 1.29 is 33.8 Å². The lowest BCUT2D eigenvalue weighted by molar-refractivity contribution is -0.142. The van der Waals surface area contributed by atoms with Crippen LogP contribution in [0.15, 0.2) is 42.9 Å². The van der Waals surface area contributed by atoms with Crippen molar-refractivity contribution in [1.82, 2.24) is 20.2 Å². The maximum absolute atomic E-state index is 13.1. The highest BCUT2D eigenvalue weighted by Crippen LogP contribution is 2.11. The van der Waals surface area contributed by atoms with Crippen molar-refractivity contribution in [1.29, 1.82) is 0 Å². The Morgan fingerprint density at radius 2 is 1.53 bits per heavy atom. The van der Waals surface area contributed by atoms with Crippen LogP contribution in [0.2, 0.25) is 0 Å². The molecule has 2 atom stereocenters. The van der Waals surface area contributed by atoms with Gasteiger partial charge in [0.15, 0.2) is 0 Å². The number of rotatable bonds is 8. The molecule has 196 valence electrons. The Bertz CT molecular complexity index is 1070. The van der Waals surface area contributed by atoms with Gasteiger partial charge >= 0.3 is 18.2 Å².